The highest BCUT2D eigenvalue weighted by Gasteiger charge is 2.30. The van der Waals surface area contributed by atoms with Gasteiger partial charge in [0.2, 0.25) is 0 Å². The van der Waals surface area contributed by atoms with Gasteiger partial charge in [0.25, 0.3) is 0 Å². The fourth-order valence-electron chi connectivity index (χ4n) is 2.06. The second-order valence-electron chi connectivity index (χ2n) is 4.63. The molecule has 0 saturated carbocycles. The van der Waals surface area contributed by atoms with E-state index < -0.39 is 11.7 Å². The fraction of sp³-hybridized carbons (Fsp3) is 0.200. The molecule has 2 aromatic rings. The van der Waals surface area contributed by atoms with Gasteiger partial charge in [0.15, 0.2) is 0 Å². The van der Waals surface area contributed by atoms with Gasteiger partial charge < -0.3 is 0 Å². The van der Waals surface area contributed by atoms with Crippen LogP contribution in [0.4, 0.5) is 13.2 Å². The summed E-state index contributed by atoms with van der Waals surface area (Å²) in [6, 6.07) is 12.4. The number of nitrogens with one attached hydrogen (secondary N) is 1. The van der Waals surface area contributed by atoms with Crippen molar-refractivity contribution in [3.8, 4) is 0 Å². The summed E-state index contributed by atoms with van der Waals surface area (Å²) in [6.07, 6.45) is -3.75. The summed E-state index contributed by atoms with van der Waals surface area (Å²) in [5.41, 5.74) is 3.72. The van der Waals surface area contributed by atoms with Crippen molar-refractivity contribution in [2.24, 2.45) is 5.84 Å². The number of hydrogen-bond acceptors (Lipinski definition) is 2. The molecule has 112 valence electrons. The van der Waals surface area contributed by atoms with Gasteiger partial charge in [-0.1, -0.05) is 46.3 Å². The predicted octanol–water partition coefficient (Wildman–Crippen LogP) is 4.22. The van der Waals surface area contributed by atoms with E-state index >= 15 is 0 Å². The third kappa shape index (κ3) is 4.06. The van der Waals surface area contributed by atoms with Crippen LogP contribution in [0.2, 0.25) is 0 Å². The fourth-order valence-corrected chi connectivity index (χ4v) is 2.51. The molecule has 0 aromatic heterocycles. The van der Waals surface area contributed by atoms with Gasteiger partial charge in [-0.05, 0) is 35.7 Å². The highest BCUT2D eigenvalue weighted by molar-refractivity contribution is 9.10. The number of rotatable bonds is 4. The first-order chi connectivity index (χ1) is 9.91. The summed E-state index contributed by atoms with van der Waals surface area (Å²) in [7, 11) is 0. The van der Waals surface area contributed by atoms with Crippen molar-refractivity contribution in [1.82, 2.24) is 5.43 Å². The molecule has 0 radical (unpaired) electrons. The van der Waals surface area contributed by atoms with E-state index in [0.717, 1.165) is 22.2 Å². The first-order valence-corrected chi connectivity index (χ1v) is 7.08. The van der Waals surface area contributed by atoms with E-state index in [9.17, 15) is 13.2 Å². The number of nitrogens with two attached hydrogens (primary N) is 1. The first-order valence-electron chi connectivity index (χ1n) is 6.28. The van der Waals surface area contributed by atoms with E-state index in [-0.39, 0.29) is 6.04 Å². The van der Waals surface area contributed by atoms with Gasteiger partial charge >= 0.3 is 6.18 Å². The van der Waals surface area contributed by atoms with Crippen molar-refractivity contribution < 1.29 is 13.2 Å². The number of alkyl halides is 3. The monoisotopic (exact) mass is 358 g/mol. The minimum atomic E-state index is -4.33. The highest BCUT2D eigenvalue weighted by Crippen LogP contribution is 2.30. The Kier molecular flexibility index (Phi) is 5.03. The highest BCUT2D eigenvalue weighted by atomic mass is 79.9. The van der Waals surface area contributed by atoms with Gasteiger partial charge in [-0.15, -0.1) is 0 Å². The molecule has 0 heterocycles. The van der Waals surface area contributed by atoms with Gasteiger partial charge in [0, 0.05) is 4.47 Å². The summed E-state index contributed by atoms with van der Waals surface area (Å²) < 4.78 is 38.6. The first kappa shape index (κ1) is 16.0. The number of hydrogen-bond donors (Lipinski definition) is 2. The van der Waals surface area contributed by atoms with Crippen molar-refractivity contribution in [3.63, 3.8) is 0 Å². The van der Waals surface area contributed by atoms with E-state index in [0.29, 0.717) is 12.0 Å². The minimum absolute atomic E-state index is 0.258. The summed E-state index contributed by atoms with van der Waals surface area (Å²) in [6.45, 7) is 0. The van der Waals surface area contributed by atoms with Crippen LogP contribution in [0.5, 0.6) is 0 Å². The molecule has 3 N–H and O–H groups in total. The SMILES string of the molecule is NNC(Cc1ccccc1Br)c1ccc(C(F)(F)F)cc1. The van der Waals surface area contributed by atoms with Crippen molar-refractivity contribution in [2.75, 3.05) is 0 Å². The van der Waals surface area contributed by atoms with Crippen LogP contribution in [0.1, 0.15) is 22.7 Å². The lowest BCUT2D eigenvalue weighted by atomic mass is 9.98. The zero-order chi connectivity index (χ0) is 15.5. The third-order valence-corrected chi connectivity index (χ3v) is 4.00. The van der Waals surface area contributed by atoms with Crippen molar-refractivity contribution >= 4 is 15.9 Å². The Morgan fingerprint density at radius 3 is 2.19 bits per heavy atom. The Morgan fingerprint density at radius 2 is 1.67 bits per heavy atom. The Hall–Kier alpha value is -1.37. The molecule has 6 heteroatoms. The molecular formula is C15H14BrF3N2. The van der Waals surface area contributed by atoms with Crippen LogP contribution in [0, 0.1) is 0 Å². The molecule has 0 fully saturated rings. The average Bonchev–Trinajstić information content (AvgIpc) is 2.46. The van der Waals surface area contributed by atoms with Crippen LogP contribution >= 0.6 is 15.9 Å². The minimum Gasteiger partial charge on any atom is -0.271 e. The van der Waals surface area contributed by atoms with Crippen LogP contribution in [0.3, 0.4) is 0 Å². The molecule has 21 heavy (non-hydrogen) atoms. The molecular weight excluding hydrogens is 345 g/mol. The lowest BCUT2D eigenvalue weighted by Crippen LogP contribution is -2.29. The standard InChI is InChI=1S/C15H14BrF3N2/c16-13-4-2-1-3-11(13)9-14(21-20)10-5-7-12(8-6-10)15(17,18)19/h1-8,14,21H,9,20H2. The molecule has 2 rings (SSSR count). The summed E-state index contributed by atoms with van der Waals surface area (Å²) in [5, 5.41) is 0. The second kappa shape index (κ2) is 6.60. The van der Waals surface area contributed by atoms with Crippen LogP contribution in [-0.2, 0) is 12.6 Å². The topological polar surface area (TPSA) is 38.0 Å². The molecule has 0 saturated heterocycles. The zero-order valence-electron chi connectivity index (χ0n) is 11.0. The molecule has 0 aliphatic heterocycles. The molecule has 0 amide bonds. The van der Waals surface area contributed by atoms with Crippen molar-refractivity contribution in [3.05, 3.63) is 69.7 Å². The van der Waals surface area contributed by atoms with E-state index in [1.54, 1.807) is 0 Å². The number of hydrazine groups is 1. The van der Waals surface area contributed by atoms with Crippen LogP contribution in [-0.4, -0.2) is 0 Å². The molecule has 0 bridgehead atoms. The van der Waals surface area contributed by atoms with Crippen LogP contribution < -0.4 is 11.3 Å². The number of benzene rings is 2. The van der Waals surface area contributed by atoms with Gasteiger partial charge in [-0.25, -0.2) is 0 Å². The summed E-state index contributed by atoms with van der Waals surface area (Å²) in [4.78, 5) is 0. The zero-order valence-corrected chi connectivity index (χ0v) is 12.6. The molecule has 2 nitrogen and oxygen atoms in total. The van der Waals surface area contributed by atoms with Crippen LogP contribution in [0.15, 0.2) is 53.0 Å². The van der Waals surface area contributed by atoms with Crippen molar-refractivity contribution in [1.29, 1.82) is 0 Å². The quantitative estimate of drug-likeness (QED) is 0.634. The molecule has 2 aromatic carbocycles. The Morgan fingerprint density at radius 1 is 1.05 bits per heavy atom. The van der Waals surface area contributed by atoms with Crippen LogP contribution in [0.25, 0.3) is 0 Å². The van der Waals surface area contributed by atoms with Crippen molar-refractivity contribution in [2.45, 2.75) is 18.6 Å². The summed E-state index contributed by atoms with van der Waals surface area (Å²) in [5.74, 6) is 5.54. The summed E-state index contributed by atoms with van der Waals surface area (Å²) >= 11 is 3.45. The van der Waals surface area contributed by atoms with E-state index in [4.69, 9.17) is 5.84 Å². The second-order valence-corrected chi connectivity index (χ2v) is 5.49. The van der Waals surface area contributed by atoms with Gasteiger partial charge in [-0.2, -0.15) is 13.2 Å². The predicted molar refractivity (Wildman–Crippen MR) is 79.4 cm³/mol. The third-order valence-electron chi connectivity index (χ3n) is 3.22. The molecule has 0 aliphatic carbocycles. The maximum atomic E-state index is 12.6. The van der Waals surface area contributed by atoms with Gasteiger partial charge in [0.05, 0.1) is 11.6 Å². The molecule has 0 spiro atoms. The maximum absolute atomic E-state index is 12.6. The lowest BCUT2D eigenvalue weighted by Gasteiger charge is -2.18. The average molecular weight is 359 g/mol. The normalized spacial score (nSPS) is 13.2. The van der Waals surface area contributed by atoms with E-state index in [2.05, 4.69) is 21.4 Å². The van der Waals surface area contributed by atoms with Gasteiger partial charge in [-0.3, -0.25) is 11.3 Å². The largest absolute Gasteiger partial charge is 0.416 e. The van der Waals surface area contributed by atoms with Gasteiger partial charge in [0.1, 0.15) is 0 Å². The van der Waals surface area contributed by atoms with E-state index in [1.807, 2.05) is 24.3 Å². The molecule has 1 atom stereocenters. The lowest BCUT2D eigenvalue weighted by molar-refractivity contribution is -0.137. The Balaban J connectivity index is 2.20. The smallest absolute Gasteiger partial charge is 0.271 e. The Labute approximate surface area is 129 Å². The Bertz CT molecular complexity index is 597. The molecule has 0 aliphatic rings. The maximum Gasteiger partial charge on any atom is 0.416 e. The molecule has 1 unspecified atom stereocenters. The van der Waals surface area contributed by atoms with E-state index in [1.165, 1.54) is 12.1 Å². The number of halogens is 4.